The van der Waals surface area contributed by atoms with Gasteiger partial charge in [-0.3, -0.25) is 0 Å². The molecular formula is C29H31FN2O5S. The summed E-state index contributed by atoms with van der Waals surface area (Å²) in [6.45, 7) is 1.17. The Bertz CT molecular complexity index is 1340. The van der Waals surface area contributed by atoms with Crippen LogP contribution in [0, 0.1) is 17.1 Å². The Morgan fingerprint density at radius 1 is 1.00 bits per heavy atom. The van der Waals surface area contributed by atoms with Gasteiger partial charge in [-0.2, -0.15) is 9.57 Å². The van der Waals surface area contributed by atoms with Crippen LogP contribution in [0.5, 0.6) is 0 Å². The minimum atomic E-state index is -4.37. The number of hydrogen-bond acceptors (Lipinski definition) is 6. The zero-order valence-corrected chi connectivity index (χ0v) is 22.0. The highest BCUT2D eigenvalue weighted by Gasteiger charge is 2.51. The number of sulfonamides is 1. The number of esters is 1. The molecule has 0 saturated carbocycles. The van der Waals surface area contributed by atoms with Gasteiger partial charge < -0.3 is 9.84 Å². The molecule has 0 aliphatic rings. The zero-order chi connectivity index (χ0) is 27.6. The lowest BCUT2D eigenvalue weighted by Crippen LogP contribution is -2.57. The molecule has 3 aromatic rings. The Kier molecular flexibility index (Phi) is 10.1. The number of nitrogens with zero attached hydrogens (tertiary/aromatic N) is 2. The number of benzene rings is 3. The third kappa shape index (κ3) is 6.64. The molecule has 0 saturated heterocycles. The number of unbranched alkanes of at least 4 members (excludes halogenated alkanes) is 1. The third-order valence-corrected chi connectivity index (χ3v) is 8.13. The van der Waals surface area contributed by atoms with Gasteiger partial charge in [-0.05, 0) is 53.8 Å². The van der Waals surface area contributed by atoms with Gasteiger partial charge in [0.2, 0.25) is 15.6 Å². The van der Waals surface area contributed by atoms with Crippen molar-refractivity contribution in [3.63, 3.8) is 0 Å². The van der Waals surface area contributed by atoms with Crippen LogP contribution < -0.4 is 0 Å². The van der Waals surface area contributed by atoms with E-state index in [9.17, 15) is 28.0 Å². The summed E-state index contributed by atoms with van der Waals surface area (Å²) in [7, 11) is -4.37. The van der Waals surface area contributed by atoms with Gasteiger partial charge in [0, 0.05) is 13.2 Å². The second-order valence-electron chi connectivity index (χ2n) is 8.82. The molecule has 38 heavy (non-hydrogen) atoms. The molecule has 0 aromatic heterocycles. The normalized spacial score (nSPS) is 13.0. The molecule has 0 amide bonds. The maximum atomic E-state index is 13.9. The number of ether oxygens (including phenoxy) is 1. The fraction of sp³-hybridized carbons (Fsp3) is 0.310. The first kappa shape index (κ1) is 29.0. The zero-order valence-electron chi connectivity index (χ0n) is 21.2. The summed E-state index contributed by atoms with van der Waals surface area (Å²) in [5.74, 6) is -1.34. The minimum absolute atomic E-state index is 0.0222. The number of nitriles is 1. The molecule has 200 valence electrons. The van der Waals surface area contributed by atoms with E-state index in [1.54, 1.807) is 48.5 Å². The fourth-order valence-corrected chi connectivity index (χ4v) is 5.80. The lowest BCUT2D eigenvalue weighted by atomic mass is 9.94. The molecule has 0 heterocycles. The summed E-state index contributed by atoms with van der Waals surface area (Å²) in [6, 6.07) is 22.6. The number of rotatable bonds is 13. The Balaban J connectivity index is 2.00. The topological polar surface area (TPSA) is 108 Å². The molecule has 0 bridgehead atoms. The van der Waals surface area contributed by atoms with Crippen LogP contribution in [0.1, 0.15) is 38.2 Å². The van der Waals surface area contributed by atoms with Crippen LogP contribution in [0.25, 0.3) is 11.1 Å². The van der Waals surface area contributed by atoms with E-state index < -0.39 is 21.5 Å². The van der Waals surface area contributed by atoms with E-state index in [0.29, 0.717) is 29.5 Å². The second-order valence-corrected chi connectivity index (χ2v) is 10.7. The maximum Gasteiger partial charge on any atom is 0.342 e. The van der Waals surface area contributed by atoms with Crippen LogP contribution >= 0.6 is 0 Å². The summed E-state index contributed by atoms with van der Waals surface area (Å²) in [4.78, 5) is 13.4. The lowest BCUT2D eigenvalue weighted by Gasteiger charge is -2.36. The van der Waals surface area contributed by atoms with Gasteiger partial charge in [-0.25, -0.2) is 17.6 Å². The van der Waals surface area contributed by atoms with E-state index in [-0.39, 0.29) is 43.3 Å². The number of hydrogen-bond donors (Lipinski definition) is 1. The van der Waals surface area contributed by atoms with Gasteiger partial charge in [-0.1, -0.05) is 74.4 Å². The summed E-state index contributed by atoms with van der Waals surface area (Å²) in [6.07, 6.45) is 0.985. The molecule has 1 unspecified atom stereocenters. The molecular weight excluding hydrogens is 507 g/mol. The molecule has 0 aliphatic heterocycles. The Morgan fingerprint density at radius 2 is 1.61 bits per heavy atom. The van der Waals surface area contributed by atoms with Gasteiger partial charge in [0.05, 0.1) is 11.0 Å². The Labute approximate surface area is 223 Å². The first-order valence-electron chi connectivity index (χ1n) is 12.4. The third-order valence-electron chi connectivity index (χ3n) is 6.19. The van der Waals surface area contributed by atoms with Gasteiger partial charge in [0.25, 0.3) is 0 Å². The van der Waals surface area contributed by atoms with E-state index >= 15 is 0 Å². The number of carbonyl (C=O) groups is 1. The van der Waals surface area contributed by atoms with E-state index in [0.717, 1.165) is 4.31 Å². The number of aliphatic hydroxyl groups excluding tert-OH is 1. The standard InChI is InChI=1S/C29H31FN2O5S/c1-2-3-18-29(22-31,28(34)37-21-23-8-5-4-6-9-23)32(19-7-20-33)38(35,36)27-16-12-25(13-17-27)24-10-14-26(30)15-11-24/h4-6,8-17,33H,2-3,7,18-21H2,1H3. The molecule has 3 rings (SSSR count). The van der Waals surface area contributed by atoms with Crippen LogP contribution in [0.3, 0.4) is 0 Å². The first-order valence-corrected chi connectivity index (χ1v) is 13.8. The molecule has 9 heteroatoms. The summed E-state index contributed by atoms with van der Waals surface area (Å²) < 4.78 is 47.5. The monoisotopic (exact) mass is 538 g/mol. The fourth-order valence-electron chi connectivity index (χ4n) is 4.08. The van der Waals surface area contributed by atoms with Gasteiger partial charge in [0.1, 0.15) is 12.4 Å². The molecule has 0 fully saturated rings. The summed E-state index contributed by atoms with van der Waals surface area (Å²) in [5, 5.41) is 19.8. The SMILES string of the molecule is CCCCC(C#N)(C(=O)OCc1ccccc1)N(CCCO)S(=O)(=O)c1ccc(-c2ccc(F)cc2)cc1. The van der Waals surface area contributed by atoms with Crippen molar-refractivity contribution in [3.05, 3.63) is 90.2 Å². The lowest BCUT2D eigenvalue weighted by molar-refractivity contribution is -0.154. The van der Waals surface area contributed by atoms with E-state index in [1.165, 1.54) is 24.3 Å². The van der Waals surface area contributed by atoms with Crippen molar-refractivity contribution in [1.82, 2.24) is 4.31 Å². The van der Waals surface area contributed by atoms with Crippen molar-refractivity contribution in [2.75, 3.05) is 13.2 Å². The van der Waals surface area contributed by atoms with Crippen LogP contribution in [-0.2, 0) is 26.2 Å². The van der Waals surface area contributed by atoms with Crippen LogP contribution in [0.4, 0.5) is 4.39 Å². The average Bonchev–Trinajstić information content (AvgIpc) is 2.94. The van der Waals surface area contributed by atoms with Crippen molar-refractivity contribution in [2.24, 2.45) is 0 Å². The number of carbonyl (C=O) groups excluding carboxylic acids is 1. The summed E-state index contributed by atoms with van der Waals surface area (Å²) >= 11 is 0. The van der Waals surface area contributed by atoms with Gasteiger partial charge in [0.15, 0.2) is 0 Å². The second kappa shape index (κ2) is 13.3. The highest BCUT2D eigenvalue weighted by Crippen LogP contribution is 2.32. The Morgan fingerprint density at radius 3 is 2.16 bits per heavy atom. The molecule has 1 N–H and O–H groups in total. The first-order chi connectivity index (χ1) is 18.3. The summed E-state index contributed by atoms with van der Waals surface area (Å²) in [5.41, 5.74) is -0.0460. The van der Waals surface area contributed by atoms with Crippen molar-refractivity contribution in [3.8, 4) is 17.2 Å². The molecule has 7 nitrogen and oxygen atoms in total. The molecule has 0 spiro atoms. The van der Waals surface area contributed by atoms with Crippen molar-refractivity contribution in [2.45, 2.75) is 49.6 Å². The average molecular weight is 539 g/mol. The highest BCUT2D eigenvalue weighted by atomic mass is 32.2. The molecule has 3 aromatic carbocycles. The van der Waals surface area contributed by atoms with Crippen molar-refractivity contribution in [1.29, 1.82) is 5.26 Å². The van der Waals surface area contributed by atoms with E-state index in [2.05, 4.69) is 0 Å². The molecule has 0 radical (unpaired) electrons. The highest BCUT2D eigenvalue weighted by molar-refractivity contribution is 7.89. The van der Waals surface area contributed by atoms with Crippen molar-refractivity contribution < 1.29 is 27.4 Å². The molecule has 1 atom stereocenters. The maximum absolute atomic E-state index is 13.9. The predicted molar refractivity (Wildman–Crippen MR) is 142 cm³/mol. The Hall–Kier alpha value is -3.58. The predicted octanol–water partition coefficient (Wildman–Crippen LogP) is 5.06. The molecule has 0 aliphatic carbocycles. The largest absolute Gasteiger partial charge is 0.459 e. The number of aliphatic hydroxyl groups is 1. The minimum Gasteiger partial charge on any atom is -0.459 e. The van der Waals surface area contributed by atoms with Crippen LogP contribution in [0.15, 0.2) is 83.8 Å². The van der Waals surface area contributed by atoms with Gasteiger partial charge in [-0.15, -0.1) is 0 Å². The van der Waals surface area contributed by atoms with E-state index in [1.807, 2.05) is 19.1 Å². The van der Waals surface area contributed by atoms with Crippen molar-refractivity contribution >= 4 is 16.0 Å². The quantitative estimate of drug-likeness (QED) is 0.305. The smallest absolute Gasteiger partial charge is 0.342 e. The van der Waals surface area contributed by atoms with Crippen LogP contribution in [0.2, 0.25) is 0 Å². The van der Waals surface area contributed by atoms with Gasteiger partial charge >= 0.3 is 5.97 Å². The number of halogens is 1. The van der Waals surface area contributed by atoms with Crippen LogP contribution in [-0.4, -0.2) is 42.5 Å². The van der Waals surface area contributed by atoms with E-state index in [4.69, 9.17) is 4.74 Å².